The molecule has 0 saturated heterocycles. The second kappa shape index (κ2) is 4.18. The highest BCUT2D eigenvalue weighted by molar-refractivity contribution is 9.10. The van der Waals surface area contributed by atoms with Gasteiger partial charge < -0.3 is 10.5 Å². The van der Waals surface area contributed by atoms with E-state index in [2.05, 4.69) is 20.7 Å². The molecule has 78 valence electrons. The van der Waals surface area contributed by atoms with E-state index in [1.807, 2.05) is 0 Å². The van der Waals surface area contributed by atoms with Gasteiger partial charge in [0.1, 0.15) is 5.75 Å². The topological polar surface area (TPSA) is 35.2 Å². The minimum absolute atomic E-state index is 0.00907. The number of ether oxygens (including phenoxy) is 1. The third kappa shape index (κ3) is 2.88. The van der Waals surface area contributed by atoms with Gasteiger partial charge >= 0.3 is 6.36 Å². The van der Waals surface area contributed by atoms with Crippen molar-refractivity contribution in [3.8, 4) is 5.75 Å². The van der Waals surface area contributed by atoms with Gasteiger partial charge in [0.2, 0.25) is 0 Å². The molecule has 0 bridgehead atoms. The summed E-state index contributed by atoms with van der Waals surface area (Å²) >= 11 is 2.96. The zero-order valence-corrected chi connectivity index (χ0v) is 8.52. The van der Waals surface area contributed by atoms with Crippen LogP contribution in [0.4, 0.5) is 13.2 Å². The number of nitrogens with two attached hydrogens (primary N) is 1. The molecule has 0 aliphatic carbocycles. The maximum atomic E-state index is 12.0. The number of halogens is 4. The smallest absolute Gasteiger partial charge is 0.404 e. The molecule has 0 unspecified atom stereocenters. The summed E-state index contributed by atoms with van der Waals surface area (Å²) in [5.41, 5.74) is 5.57. The molecule has 0 amide bonds. The summed E-state index contributed by atoms with van der Waals surface area (Å²) in [4.78, 5) is 0. The molecule has 0 heterocycles. The van der Waals surface area contributed by atoms with Crippen LogP contribution in [0.25, 0.3) is 0 Å². The first-order valence-corrected chi connectivity index (χ1v) is 4.46. The third-order valence-electron chi connectivity index (χ3n) is 1.49. The number of benzene rings is 1. The van der Waals surface area contributed by atoms with Gasteiger partial charge in [-0.3, -0.25) is 0 Å². The summed E-state index contributed by atoms with van der Waals surface area (Å²) in [6, 6.07) is 4.53. The van der Waals surface area contributed by atoms with Crippen LogP contribution < -0.4 is 10.5 Å². The minimum atomic E-state index is -4.70. The van der Waals surface area contributed by atoms with Crippen LogP contribution in [0, 0.1) is 0 Å². The summed E-state index contributed by atoms with van der Waals surface area (Å²) in [5.74, 6) is -0.275. The van der Waals surface area contributed by atoms with E-state index in [1.54, 1.807) is 6.07 Å². The van der Waals surface area contributed by atoms with E-state index in [9.17, 15) is 13.2 Å². The lowest BCUT2D eigenvalue weighted by Gasteiger charge is -2.13. The van der Waals surface area contributed by atoms with Crippen molar-refractivity contribution in [2.45, 2.75) is 12.9 Å². The van der Waals surface area contributed by atoms with Crippen LogP contribution in [0.3, 0.4) is 0 Å². The zero-order valence-electron chi connectivity index (χ0n) is 6.94. The molecule has 0 saturated carbocycles. The molecule has 0 spiro atoms. The van der Waals surface area contributed by atoms with E-state index < -0.39 is 6.36 Å². The SMILES string of the molecule is NCc1cccc(Br)c1OC(F)(F)F. The fourth-order valence-corrected chi connectivity index (χ4v) is 1.43. The standard InChI is InChI=1S/C8H7BrF3NO/c9-6-3-1-2-5(4-13)7(6)14-8(10,11)12/h1-3H,4,13H2. The number of para-hydroxylation sites is 1. The Kier molecular flexibility index (Phi) is 3.38. The fraction of sp³-hybridized carbons (Fsp3) is 0.250. The van der Waals surface area contributed by atoms with Gasteiger partial charge in [-0.25, -0.2) is 0 Å². The molecule has 6 heteroatoms. The van der Waals surface area contributed by atoms with E-state index in [4.69, 9.17) is 5.73 Å². The first-order valence-electron chi connectivity index (χ1n) is 3.67. The molecule has 0 aliphatic heterocycles. The minimum Gasteiger partial charge on any atom is -0.404 e. The lowest BCUT2D eigenvalue weighted by atomic mass is 10.2. The van der Waals surface area contributed by atoms with Gasteiger partial charge in [-0.2, -0.15) is 0 Å². The van der Waals surface area contributed by atoms with E-state index in [0.717, 1.165) is 0 Å². The van der Waals surface area contributed by atoms with Crippen molar-refractivity contribution >= 4 is 15.9 Å². The van der Waals surface area contributed by atoms with Gasteiger partial charge in [0, 0.05) is 12.1 Å². The van der Waals surface area contributed by atoms with Gasteiger partial charge in [-0.15, -0.1) is 13.2 Å². The van der Waals surface area contributed by atoms with Crippen LogP contribution in [0.15, 0.2) is 22.7 Å². The van der Waals surface area contributed by atoms with Crippen molar-refractivity contribution in [3.05, 3.63) is 28.2 Å². The lowest BCUT2D eigenvalue weighted by molar-refractivity contribution is -0.275. The van der Waals surface area contributed by atoms with E-state index in [0.29, 0.717) is 5.56 Å². The maximum absolute atomic E-state index is 12.0. The first-order chi connectivity index (χ1) is 6.44. The predicted octanol–water partition coefficient (Wildman–Crippen LogP) is 2.81. The summed E-state index contributed by atoms with van der Waals surface area (Å²) in [6.07, 6.45) is -4.70. The largest absolute Gasteiger partial charge is 0.573 e. The second-order valence-corrected chi connectivity index (χ2v) is 3.33. The quantitative estimate of drug-likeness (QED) is 0.896. The predicted molar refractivity (Wildman–Crippen MR) is 48.7 cm³/mol. The Hall–Kier alpha value is -0.750. The molecule has 0 fully saturated rings. The van der Waals surface area contributed by atoms with Crippen molar-refractivity contribution in [2.75, 3.05) is 0 Å². The monoisotopic (exact) mass is 269 g/mol. The van der Waals surface area contributed by atoms with Crippen molar-refractivity contribution in [2.24, 2.45) is 5.73 Å². The van der Waals surface area contributed by atoms with Crippen LogP contribution in [-0.2, 0) is 6.54 Å². The molecule has 2 N–H and O–H groups in total. The van der Waals surface area contributed by atoms with Crippen LogP contribution in [0.1, 0.15) is 5.56 Å². The molecule has 14 heavy (non-hydrogen) atoms. The van der Waals surface area contributed by atoms with E-state index in [-0.39, 0.29) is 16.8 Å². The van der Waals surface area contributed by atoms with Crippen LogP contribution in [0.5, 0.6) is 5.75 Å². The number of hydrogen-bond acceptors (Lipinski definition) is 2. The Morgan fingerprint density at radius 1 is 1.36 bits per heavy atom. The summed E-state index contributed by atoms with van der Waals surface area (Å²) in [5, 5.41) is 0. The van der Waals surface area contributed by atoms with E-state index >= 15 is 0 Å². The van der Waals surface area contributed by atoms with Crippen molar-refractivity contribution in [1.29, 1.82) is 0 Å². The van der Waals surface area contributed by atoms with Crippen LogP contribution in [-0.4, -0.2) is 6.36 Å². The Bertz CT molecular complexity index is 327. The van der Waals surface area contributed by atoms with Crippen molar-refractivity contribution < 1.29 is 17.9 Å². The Labute approximate surface area is 87.0 Å². The molecule has 1 rings (SSSR count). The normalized spacial score (nSPS) is 11.5. The summed E-state index contributed by atoms with van der Waals surface area (Å²) < 4.78 is 39.9. The molecule has 0 aromatic heterocycles. The Balaban J connectivity index is 3.05. The van der Waals surface area contributed by atoms with Crippen LogP contribution >= 0.6 is 15.9 Å². The summed E-state index contributed by atoms with van der Waals surface area (Å²) in [7, 11) is 0. The average molecular weight is 270 g/mol. The van der Waals surface area contributed by atoms with Gasteiger partial charge in [0.15, 0.2) is 0 Å². The molecular formula is C8H7BrF3NO. The van der Waals surface area contributed by atoms with Gasteiger partial charge in [-0.05, 0) is 22.0 Å². The first kappa shape index (κ1) is 11.3. The molecule has 0 aliphatic rings. The highest BCUT2D eigenvalue weighted by atomic mass is 79.9. The molecule has 1 aromatic carbocycles. The van der Waals surface area contributed by atoms with Gasteiger partial charge in [-0.1, -0.05) is 12.1 Å². The molecule has 1 aromatic rings. The third-order valence-corrected chi connectivity index (χ3v) is 2.11. The number of hydrogen-bond donors (Lipinski definition) is 1. The second-order valence-electron chi connectivity index (χ2n) is 2.48. The highest BCUT2D eigenvalue weighted by Gasteiger charge is 2.32. The highest BCUT2D eigenvalue weighted by Crippen LogP contribution is 2.33. The zero-order chi connectivity index (χ0) is 10.8. The van der Waals surface area contributed by atoms with Crippen LogP contribution in [0.2, 0.25) is 0 Å². The average Bonchev–Trinajstić information content (AvgIpc) is 2.06. The number of rotatable bonds is 2. The molecular weight excluding hydrogens is 263 g/mol. The van der Waals surface area contributed by atoms with Crippen molar-refractivity contribution in [1.82, 2.24) is 0 Å². The Morgan fingerprint density at radius 2 is 2.00 bits per heavy atom. The number of alkyl halides is 3. The van der Waals surface area contributed by atoms with Crippen molar-refractivity contribution in [3.63, 3.8) is 0 Å². The fourth-order valence-electron chi connectivity index (χ4n) is 0.944. The van der Waals surface area contributed by atoms with Gasteiger partial charge in [0.05, 0.1) is 4.47 Å². The molecule has 2 nitrogen and oxygen atoms in total. The Morgan fingerprint density at radius 3 is 2.50 bits per heavy atom. The van der Waals surface area contributed by atoms with E-state index in [1.165, 1.54) is 12.1 Å². The molecule has 0 atom stereocenters. The lowest BCUT2D eigenvalue weighted by Crippen LogP contribution is -2.19. The summed E-state index contributed by atoms with van der Waals surface area (Å²) in [6.45, 7) is -0.00907. The molecule has 0 radical (unpaired) electrons. The maximum Gasteiger partial charge on any atom is 0.573 e. The van der Waals surface area contributed by atoms with Gasteiger partial charge in [0.25, 0.3) is 0 Å².